The van der Waals surface area contributed by atoms with Gasteiger partial charge in [-0.3, -0.25) is 0 Å². The predicted octanol–water partition coefficient (Wildman–Crippen LogP) is -0.456. The minimum atomic E-state index is -0.297. The molecule has 0 spiro atoms. The molecule has 2 heterocycles. The molecule has 0 radical (unpaired) electrons. The molecule has 0 aliphatic carbocycles. The molecule has 0 bridgehead atoms. The predicted molar refractivity (Wildman–Crippen MR) is 84.3 cm³/mol. The van der Waals surface area contributed by atoms with Gasteiger partial charge in [-0.15, -0.1) is 0 Å². The second kappa shape index (κ2) is 6.94. The lowest BCUT2D eigenvalue weighted by molar-refractivity contribution is -0.901. The monoisotopic (exact) mass is 304 g/mol. The molecule has 5 nitrogen and oxygen atoms in total. The Labute approximate surface area is 129 Å². The maximum absolute atomic E-state index is 11.7. The van der Waals surface area contributed by atoms with Crippen molar-refractivity contribution in [2.45, 2.75) is 19.4 Å². The van der Waals surface area contributed by atoms with Crippen molar-refractivity contribution in [1.82, 2.24) is 0 Å². The molecular weight excluding hydrogens is 280 g/mol. The van der Waals surface area contributed by atoms with Crippen molar-refractivity contribution in [3.05, 3.63) is 40.2 Å². The van der Waals surface area contributed by atoms with Gasteiger partial charge in [0, 0.05) is 35.9 Å². The van der Waals surface area contributed by atoms with Gasteiger partial charge in [0.25, 0.3) is 0 Å². The second-order valence-electron chi connectivity index (χ2n) is 5.94. The molecule has 3 rings (SSSR count). The highest BCUT2D eigenvalue weighted by Crippen LogP contribution is 2.21. The van der Waals surface area contributed by atoms with Crippen LogP contribution in [0.2, 0.25) is 0 Å². The van der Waals surface area contributed by atoms with Crippen LogP contribution in [0.25, 0.3) is 11.0 Å². The van der Waals surface area contributed by atoms with Crippen molar-refractivity contribution in [3.63, 3.8) is 0 Å². The van der Waals surface area contributed by atoms with Gasteiger partial charge in [0.1, 0.15) is 31.0 Å². The van der Waals surface area contributed by atoms with Crippen molar-refractivity contribution in [2.24, 2.45) is 0 Å². The molecule has 0 atom stereocenters. The maximum atomic E-state index is 11.7. The Bertz CT molecular complexity index is 690. The van der Waals surface area contributed by atoms with E-state index in [0.29, 0.717) is 11.3 Å². The van der Waals surface area contributed by atoms with Crippen molar-refractivity contribution < 1.29 is 19.4 Å². The minimum absolute atomic E-state index is 0.297. The van der Waals surface area contributed by atoms with E-state index in [2.05, 4.69) is 5.32 Å². The van der Waals surface area contributed by atoms with Gasteiger partial charge in [-0.05, 0) is 12.1 Å². The zero-order valence-electron chi connectivity index (χ0n) is 13.1. The summed E-state index contributed by atoms with van der Waals surface area (Å²) in [4.78, 5) is 13.4. The molecule has 1 saturated heterocycles. The average molecular weight is 304 g/mol. The molecule has 0 unspecified atom stereocenters. The molecule has 22 heavy (non-hydrogen) atoms. The number of hydrogen-bond donors (Lipinski definition) is 2. The van der Waals surface area contributed by atoms with Gasteiger partial charge in [0.2, 0.25) is 0 Å². The lowest BCUT2D eigenvalue weighted by atomic mass is 10.1. The largest absolute Gasteiger partial charge is 0.497 e. The van der Waals surface area contributed by atoms with Crippen molar-refractivity contribution >= 4 is 11.0 Å². The first-order chi connectivity index (χ1) is 10.8. The van der Waals surface area contributed by atoms with Gasteiger partial charge in [-0.2, -0.15) is 0 Å². The number of methoxy groups -OCH3 is 1. The van der Waals surface area contributed by atoms with Gasteiger partial charge in [0.05, 0.1) is 20.2 Å². The third-order valence-electron chi connectivity index (χ3n) is 4.41. The zero-order chi connectivity index (χ0) is 15.4. The number of fused-ring (bicyclic) bond motifs is 1. The Morgan fingerprint density at radius 3 is 2.86 bits per heavy atom. The molecule has 1 aliphatic rings. The van der Waals surface area contributed by atoms with Crippen molar-refractivity contribution in [1.29, 1.82) is 0 Å². The summed E-state index contributed by atoms with van der Waals surface area (Å²) in [7, 11) is 1.61. The molecular formula is C17H24N2O3+2. The van der Waals surface area contributed by atoms with E-state index in [1.807, 2.05) is 12.1 Å². The third kappa shape index (κ3) is 3.48. The summed E-state index contributed by atoms with van der Waals surface area (Å²) < 4.78 is 10.5. The van der Waals surface area contributed by atoms with Crippen LogP contribution in [0.5, 0.6) is 5.75 Å². The smallest absolute Gasteiger partial charge is 0.336 e. The molecule has 0 amide bonds. The maximum Gasteiger partial charge on any atom is 0.336 e. The number of quaternary nitrogens is 2. The molecule has 3 N–H and O–H groups in total. The number of nitrogens with two attached hydrogens (primary N) is 1. The highest BCUT2D eigenvalue weighted by Gasteiger charge is 2.15. The van der Waals surface area contributed by atoms with Crippen LogP contribution in [0.15, 0.2) is 33.5 Å². The van der Waals surface area contributed by atoms with Crippen molar-refractivity contribution in [3.8, 4) is 5.75 Å². The van der Waals surface area contributed by atoms with Crippen LogP contribution in [-0.4, -0.2) is 33.3 Å². The van der Waals surface area contributed by atoms with E-state index in [1.165, 1.54) is 32.5 Å². The summed E-state index contributed by atoms with van der Waals surface area (Å²) in [5, 5.41) is 3.27. The highest BCUT2D eigenvalue weighted by atomic mass is 16.5. The molecule has 118 valence electrons. The number of ether oxygens (including phenoxy) is 1. The molecule has 0 saturated carbocycles. The number of rotatable bonds is 6. The van der Waals surface area contributed by atoms with Gasteiger partial charge < -0.3 is 19.4 Å². The van der Waals surface area contributed by atoms with Gasteiger partial charge in [-0.1, -0.05) is 0 Å². The van der Waals surface area contributed by atoms with E-state index in [4.69, 9.17) is 9.15 Å². The van der Waals surface area contributed by atoms with E-state index >= 15 is 0 Å². The zero-order valence-corrected chi connectivity index (χ0v) is 13.1. The van der Waals surface area contributed by atoms with E-state index in [0.717, 1.165) is 24.0 Å². The first-order valence-corrected chi connectivity index (χ1v) is 8.02. The Kier molecular flexibility index (Phi) is 4.75. The second-order valence-corrected chi connectivity index (χ2v) is 5.94. The van der Waals surface area contributed by atoms with Crippen LogP contribution < -0.4 is 20.6 Å². The Morgan fingerprint density at radius 2 is 2.09 bits per heavy atom. The van der Waals surface area contributed by atoms with Gasteiger partial charge >= 0.3 is 5.63 Å². The number of nitrogens with one attached hydrogen (secondary N) is 1. The molecule has 1 fully saturated rings. The summed E-state index contributed by atoms with van der Waals surface area (Å²) in [6.45, 7) is 5.72. The first-order valence-electron chi connectivity index (χ1n) is 8.02. The van der Waals surface area contributed by atoms with Gasteiger partial charge in [-0.25, -0.2) is 4.79 Å². The highest BCUT2D eigenvalue weighted by molar-refractivity contribution is 5.81. The standard InChI is InChI=1S/C17H22N2O3/c1-21-14-4-5-15-13(10-17(20)22-16(15)11-14)12-18-6-9-19-7-2-3-8-19/h4-5,10-11,18H,2-3,6-9,12H2,1H3/p+2. The quantitative estimate of drug-likeness (QED) is 0.561. The fraction of sp³-hybridized carbons (Fsp3) is 0.471. The fourth-order valence-electron chi connectivity index (χ4n) is 3.19. The average Bonchev–Trinajstić information content (AvgIpc) is 3.04. The minimum Gasteiger partial charge on any atom is -0.497 e. The van der Waals surface area contributed by atoms with E-state index < -0.39 is 0 Å². The first kappa shape index (κ1) is 15.1. The SMILES string of the molecule is COc1ccc2c(C[NH2+]CC[NH+]3CCCC3)cc(=O)oc2c1. The lowest BCUT2D eigenvalue weighted by Gasteiger charge is -2.11. The number of likely N-dealkylation sites (tertiary alicyclic amines) is 1. The van der Waals surface area contributed by atoms with Gasteiger partial charge in [0.15, 0.2) is 0 Å². The normalized spacial score (nSPS) is 15.5. The Balaban J connectivity index is 1.68. The molecule has 5 heteroatoms. The third-order valence-corrected chi connectivity index (χ3v) is 4.41. The topological polar surface area (TPSA) is 60.5 Å². The molecule has 2 aromatic rings. The van der Waals surface area contributed by atoms with Crippen molar-refractivity contribution in [2.75, 3.05) is 33.3 Å². The summed E-state index contributed by atoms with van der Waals surface area (Å²) in [6.07, 6.45) is 2.73. The van der Waals surface area contributed by atoms with Crippen LogP contribution in [0, 0.1) is 0 Å². The summed E-state index contributed by atoms with van der Waals surface area (Å²) >= 11 is 0. The Hall–Kier alpha value is -1.85. The number of benzene rings is 1. The summed E-state index contributed by atoms with van der Waals surface area (Å²) in [5.41, 5.74) is 1.33. The van der Waals surface area contributed by atoms with E-state index in [1.54, 1.807) is 24.1 Å². The summed E-state index contributed by atoms with van der Waals surface area (Å²) in [5.74, 6) is 0.703. The van der Waals surface area contributed by atoms with E-state index in [9.17, 15) is 4.79 Å². The van der Waals surface area contributed by atoms with Crippen LogP contribution >= 0.6 is 0 Å². The van der Waals surface area contributed by atoms with Crippen LogP contribution in [0.3, 0.4) is 0 Å². The lowest BCUT2D eigenvalue weighted by Crippen LogP contribution is -3.12. The van der Waals surface area contributed by atoms with E-state index in [-0.39, 0.29) is 5.63 Å². The van der Waals surface area contributed by atoms with Crippen LogP contribution in [0.4, 0.5) is 0 Å². The molecule has 1 aromatic carbocycles. The molecule has 1 aromatic heterocycles. The number of hydrogen-bond acceptors (Lipinski definition) is 3. The summed E-state index contributed by atoms with van der Waals surface area (Å²) in [6, 6.07) is 7.24. The molecule has 1 aliphatic heterocycles. The fourth-order valence-corrected chi connectivity index (χ4v) is 3.19. The van der Waals surface area contributed by atoms with Crippen LogP contribution in [-0.2, 0) is 6.54 Å². The Morgan fingerprint density at radius 1 is 1.27 bits per heavy atom. The van der Waals surface area contributed by atoms with Crippen LogP contribution in [0.1, 0.15) is 18.4 Å².